The predicted molar refractivity (Wildman–Crippen MR) is 190 cm³/mol. The zero-order valence-corrected chi connectivity index (χ0v) is 28.5. The molecule has 6 rings (SSSR count). The lowest BCUT2D eigenvalue weighted by molar-refractivity contribution is 0.0696. The van der Waals surface area contributed by atoms with E-state index in [0.717, 1.165) is 60.7 Å². The van der Waals surface area contributed by atoms with Gasteiger partial charge in [-0.3, -0.25) is 4.79 Å². The summed E-state index contributed by atoms with van der Waals surface area (Å²) >= 11 is 6.14. The first-order valence-electron chi connectivity index (χ1n) is 16.1. The molecule has 1 fully saturated rings. The van der Waals surface area contributed by atoms with Crippen molar-refractivity contribution >= 4 is 46.9 Å². The summed E-state index contributed by atoms with van der Waals surface area (Å²) in [4.78, 5) is 31.2. The highest BCUT2D eigenvalue weighted by atomic mass is 35.5. The van der Waals surface area contributed by atoms with Crippen LogP contribution in [0.3, 0.4) is 0 Å². The van der Waals surface area contributed by atoms with Crippen LogP contribution in [0, 0.1) is 5.82 Å². The first kappa shape index (κ1) is 34.9. The Bertz CT molecular complexity index is 1940. The molecule has 1 aliphatic rings. The Labute approximate surface area is 290 Å². The van der Waals surface area contributed by atoms with E-state index in [1.54, 1.807) is 42.3 Å². The molecule has 0 aliphatic heterocycles. The third-order valence-corrected chi connectivity index (χ3v) is 9.12. The number of hydrogen-bond donors (Lipinski definition) is 1. The second kappa shape index (κ2) is 15.2. The Morgan fingerprint density at radius 2 is 1.67 bits per heavy atom. The zero-order chi connectivity index (χ0) is 33.1. The van der Waals surface area contributed by atoms with E-state index in [4.69, 9.17) is 21.3 Å². The molecule has 1 saturated carbocycles. The lowest BCUT2D eigenvalue weighted by atomic mass is 9.94. The third kappa shape index (κ3) is 7.35. The molecule has 0 saturated heterocycles. The minimum atomic E-state index is -1.03. The minimum absolute atomic E-state index is 0. The van der Waals surface area contributed by atoms with Gasteiger partial charge in [-0.05, 0) is 90.6 Å². The predicted octanol–water partition coefficient (Wildman–Crippen LogP) is 9.85. The van der Waals surface area contributed by atoms with Gasteiger partial charge in [-0.15, -0.1) is 12.4 Å². The Kier molecular flexibility index (Phi) is 11.1. The number of carboxylic acid groups (broad SMARTS) is 1. The Morgan fingerprint density at radius 3 is 2.35 bits per heavy atom. The molecule has 1 heterocycles. The van der Waals surface area contributed by atoms with Crippen LogP contribution in [0.1, 0.15) is 77.8 Å². The number of nitrogens with zero attached hydrogens (tertiary/aromatic N) is 3. The van der Waals surface area contributed by atoms with Crippen molar-refractivity contribution in [3.63, 3.8) is 0 Å². The molecule has 0 unspecified atom stereocenters. The van der Waals surface area contributed by atoms with Gasteiger partial charge in [0.15, 0.2) is 0 Å². The highest BCUT2D eigenvalue weighted by Gasteiger charge is 2.25. The first-order chi connectivity index (χ1) is 22.7. The standard InChI is InChI=1S/C38H37ClFN3O4.ClH/c1-3-19-42(2)37(44)25-11-16-31(24-9-13-28(39)14-10-24)27(20-25)23-47-30-15-17-32(33(40)22-30)36-41-34-21-26(38(45)46)12-18-35(34)43(36)29-7-5-4-6-8-29;/h9-18,20-22,29H,3-8,19,23H2,1-2H3,(H,45,46);1H. The van der Waals surface area contributed by atoms with E-state index in [2.05, 4.69) is 4.57 Å². The van der Waals surface area contributed by atoms with Crippen LogP contribution in [0.25, 0.3) is 33.5 Å². The van der Waals surface area contributed by atoms with E-state index in [-0.39, 0.29) is 36.5 Å². The molecule has 0 bridgehead atoms. The molecule has 0 spiro atoms. The summed E-state index contributed by atoms with van der Waals surface area (Å²) in [7, 11) is 1.78. The van der Waals surface area contributed by atoms with Crippen LogP contribution in [0.4, 0.5) is 4.39 Å². The smallest absolute Gasteiger partial charge is 0.335 e. The van der Waals surface area contributed by atoms with Crippen molar-refractivity contribution < 1.29 is 23.8 Å². The molecule has 10 heteroatoms. The van der Waals surface area contributed by atoms with Gasteiger partial charge in [0.05, 0.1) is 22.2 Å². The first-order valence-corrected chi connectivity index (χ1v) is 16.4. The molecule has 1 aliphatic carbocycles. The lowest BCUT2D eigenvalue weighted by Crippen LogP contribution is -2.27. The maximum atomic E-state index is 16.0. The fraction of sp³-hybridized carbons (Fsp3) is 0.289. The molecule has 48 heavy (non-hydrogen) atoms. The molecule has 250 valence electrons. The van der Waals surface area contributed by atoms with Crippen LogP contribution >= 0.6 is 24.0 Å². The van der Waals surface area contributed by atoms with Crippen molar-refractivity contribution in [3.05, 3.63) is 106 Å². The normalized spacial score (nSPS) is 13.2. The maximum absolute atomic E-state index is 16.0. The number of rotatable bonds is 10. The number of ether oxygens (including phenoxy) is 1. The van der Waals surface area contributed by atoms with Gasteiger partial charge in [-0.1, -0.05) is 56.0 Å². The van der Waals surface area contributed by atoms with Crippen molar-refractivity contribution in [2.24, 2.45) is 0 Å². The summed E-state index contributed by atoms with van der Waals surface area (Å²) in [5.41, 5.74) is 4.92. The van der Waals surface area contributed by atoms with Gasteiger partial charge in [0.2, 0.25) is 0 Å². The van der Waals surface area contributed by atoms with Crippen LogP contribution in [0.15, 0.2) is 78.9 Å². The number of fused-ring (bicyclic) bond motifs is 1. The van der Waals surface area contributed by atoms with E-state index in [9.17, 15) is 14.7 Å². The van der Waals surface area contributed by atoms with Gasteiger partial charge in [0.25, 0.3) is 5.91 Å². The number of halogens is 3. The summed E-state index contributed by atoms with van der Waals surface area (Å²) in [6, 6.07) is 22.8. The summed E-state index contributed by atoms with van der Waals surface area (Å²) in [5, 5.41) is 10.2. The van der Waals surface area contributed by atoms with Gasteiger partial charge >= 0.3 is 5.97 Å². The average Bonchev–Trinajstić information content (AvgIpc) is 3.46. The molecule has 7 nitrogen and oxygen atoms in total. The number of benzene rings is 4. The van der Waals surface area contributed by atoms with Gasteiger partial charge in [0, 0.05) is 36.3 Å². The van der Waals surface area contributed by atoms with Crippen LogP contribution in [0.2, 0.25) is 5.02 Å². The zero-order valence-electron chi connectivity index (χ0n) is 26.9. The summed E-state index contributed by atoms with van der Waals surface area (Å²) < 4.78 is 24.2. The molecule has 1 N–H and O–H groups in total. The number of aromatic carboxylic acids is 1. The number of amides is 1. The molecule has 1 aromatic heterocycles. The summed E-state index contributed by atoms with van der Waals surface area (Å²) in [5.74, 6) is -0.790. The van der Waals surface area contributed by atoms with Crippen LogP contribution in [-0.4, -0.2) is 45.0 Å². The van der Waals surface area contributed by atoms with Crippen molar-refractivity contribution in [1.82, 2.24) is 14.5 Å². The fourth-order valence-electron chi connectivity index (χ4n) is 6.47. The fourth-order valence-corrected chi connectivity index (χ4v) is 6.60. The van der Waals surface area contributed by atoms with Crippen molar-refractivity contribution in [3.8, 4) is 28.3 Å². The Morgan fingerprint density at radius 1 is 0.958 bits per heavy atom. The minimum Gasteiger partial charge on any atom is -0.489 e. The Hall–Kier alpha value is -4.40. The molecule has 5 aromatic rings. The monoisotopic (exact) mass is 689 g/mol. The van der Waals surface area contributed by atoms with Gasteiger partial charge in [-0.25, -0.2) is 14.2 Å². The average molecular weight is 691 g/mol. The molecular formula is C38H38Cl2FN3O4. The maximum Gasteiger partial charge on any atom is 0.335 e. The van der Waals surface area contributed by atoms with E-state index in [1.165, 1.54) is 6.07 Å². The Balaban J connectivity index is 0.00000451. The van der Waals surface area contributed by atoms with E-state index >= 15 is 4.39 Å². The summed E-state index contributed by atoms with van der Waals surface area (Å²) in [6.45, 7) is 2.77. The molecule has 0 atom stereocenters. The molecule has 4 aromatic carbocycles. The van der Waals surface area contributed by atoms with Crippen molar-refractivity contribution in [1.29, 1.82) is 0 Å². The lowest BCUT2D eigenvalue weighted by Gasteiger charge is -2.25. The summed E-state index contributed by atoms with van der Waals surface area (Å²) in [6.07, 6.45) is 6.07. The highest BCUT2D eigenvalue weighted by Crippen LogP contribution is 2.38. The van der Waals surface area contributed by atoms with Crippen LogP contribution < -0.4 is 4.74 Å². The number of aromatic nitrogens is 2. The topological polar surface area (TPSA) is 84.7 Å². The van der Waals surface area contributed by atoms with Gasteiger partial charge < -0.3 is 19.3 Å². The number of hydrogen-bond acceptors (Lipinski definition) is 4. The largest absolute Gasteiger partial charge is 0.489 e. The second-order valence-electron chi connectivity index (χ2n) is 12.1. The third-order valence-electron chi connectivity index (χ3n) is 8.87. The number of carbonyl (C=O) groups is 2. The molecule has 1 amide bonds. The van der Waals surface area contributed by atoms with Gasteiger partial charge in [0.1, 0.15) is 24.0 Å². The quantitative estimate of drug-likeness (QED) is 0.158. The van der Waals surface area contributed by atoms with E-state index < -0.39 is 11.8 Å². The van der Waals surface area contributed by atoms with Crippen molar-refractivity contribution in [2.45, 2.75) is 58.1 Å². The SMILES string of the molecule is CCCN(C)C(=O)c1ccc(-c2ccc(Cl)cc2)c(COc2ccc(-c3nc4cc(C(=O)O)ccc4n3C3CCCCC3)c(F)c2)c1.Cl. The van der Waals surface area contributed by atoms with Crippen LogP contribution in [0.5, 0.6) is 5.75 Å². The number of imidazole rings is 1. The second-order valence-corrected chi connectivity index (χ2v) is 12.6. The molecule has 0 radical (unpaired) electrons. The van der Waals surface area contributed by atoms with E-state index in [1.807, 2.05) is 49.4 Å². The molecular weight excluding hydrogens is 652 g/mol. The van der Waals surface area contributed by atoms with E-state index in [0.29, 0.717) is 39.8 Å². The number of carboxylic acids is 1. The van der Waals surface area contributed by atoms with Gasteiger partial charge in [-0.2, -0.15) is 0 Å². The van der Waals surface area contributed by atoms with Crippen LogP contribution in [-0.2, 0) is 6.61 Å². The van der Waals surface area contributed by atoms with Crippen molar-refractivity contribution in [2.75, 3.05) is 13.6 Å². The number of carbonyl (C=O) groups excluding carboxylic acids is 1. The highest BCUT2D eigenvalue weighted by molar-refractivity contribution is 6.30.